The minimum atomic E-state index is -3.60. The lowest BCUT2D eigenvalue weighted by Crippen LogP contribution is -2.44. The largest absolute Gasteiger partial charge is 0.472 e. The Morgan fingerprint density at radius 2 is 2.22 bits per heavy atom. The molecule has 0 aliphatic carbocycles. The lowest BCUT2D eigenvalue weighted by molar-refractivity contribution is 0.123. The summed E-state index contributed by atoms with van der Waals surface area (Å²) in [6, 6.07) is 3.44. The van der Waals surface area contributed by atoms with E-state index in [0.29, 0.717) is 18.2 Å². The molecule has 1 atom stereocenters. The molecule has 0 radical (unpaired) electrons. The topological polar surface area (TPSA) is 90.2 Å². The molecule has 3 rings (SSSR count). The van der Waals surface area contributed by atoms with Crippen LogP contribution in [0.15, 0.2) is 29.6 Å². The number of imidazole rings is 1. The van der Waals surface area contributed by atoms with E-state index in [-0.39, 0.29) is 17.7 Å². The van der Waals surface area contributed by atoms with Crippen LogP contribution in [-0.2, 0) is 17.1 Å². The molecule has 1 unspecified atom stereocenters. The van der Waals surface area contributed by atoms with E-state index in [1.807, 2.05) is 0 Å². The number of ether oxygens (including phenoxy) is 1. The van der Waals surface area contributed by atoms with Crippen LogP contribution in [0.4, 0.5) is 0 Å². The fourth-order valence-corrected chi connectivity index (χ4v) is 4.06. The summed E-state index contributed by atoms with van der Waals surface area (Å²) >= 11 is 0. The van der Waals surface area contributed by atoms with Crippen LogP contribution in [0, 0.1) is 6.92 Å². The Labute approximate surface area is 135 Å². The number of piperidine rings is 1. The van der Waals surface area contributed by atoms with Crippen LogP contribution in [0.1, 0.15) is 18.7 Å². The number of aryl methyl sites for hydroxylation is 2. The molecule has 2 aromatic rings. The van der Waals surface area contributed by atoms with Gasteiger partial charge in [0.2, 0.25) is 5.88 Å². The molecule has 1 aliphatic rings. The van der Waals surface area contributed by atoms with Gasteiger partial charge in [0.15, 0.2) is 5.03 Å². The molecule has 0 aromatic carbocycles. The highest BCUT2D eigenvalue weighted by Crippen LogP contribution is 2.22. The number of nitrogens with zero attached hydrogens (tertiary/aromatic N) is 5. The molecule has 0 amide bonds. The van der Waals surface area contributed by atoms with Gasteiger partial charge in [0.25, 0.3) is 10.0 Å². The van der Waals surface area contributed by atoms with Crippen molar-refractivity contribution in [2.75, 3.05) is 13.1 Å². The maximum atomic E-state index is 12.7. The van der Waals surface area contributed by atoms with E-state index in [1.165, 1.54) is 10.5 Å². The minimum absolute atomic E-state index is 0.0812. The van der Waals surface area contributed by atoms with Crippen molar-refractivity contribution in [2.45, 2.75) is 30.9 Å². The summed E-state index contributed by atoms with van der Waals surface area (Å²) in [6.45, 7) is 2.53. The quantitative estimate of drug-likeness (QED) is 0.818. The summed E-state index contributed by atoms with van der Waals surface area (Å²) in [4.78, 5) is 4.14. The molecule has 23 heavy (non-hydrogen) atoms. The van der Waals surface area contributed by atoms with Crippen molar-refractivity contribution >= 4 is 10.0 Å². The van der Waals surface area contributed by atoms with E-state index < -0.39 is 10.0 Å². The third-order valence-corrected chi connectivity index (χ3v) is 5.60. The molecular weight excluding hydrogens is 318 g/mol. The Hall–Kier alpha value is -2.00. The van der Waals surface area contributed by atoms with Crippen molar-refractivity contribution in [3.63, 3.8) is 0 Å². The second-order valence-electron chi connectivity index (χ2n) is 5.54. The van der Waals surface area contributed by atoms with Gasteiger partial charge in [-0.05, 0) is 25.8 Å². The van der Waals surface area contributed by atoms with Crippen LogP contribution in [-0.4, -0.2) is 51.7 Å². The fraction of sp³-hybridized carbons (Fsp3) is 0.500. The molecule has 1 fully saturated rings. The molecule has 1 saturated heterocycles. The average molecular weight is 337 g/mol. The van der Waals surface area contributed by atoms with Crippen molar-refractivity contribution in [3.05, 3.63) is 30.4 Å². The van der Waals surface area contributed by atoms with Gasteiger partial charge in [0.05, 0.1) is 6.54 Å². The van der Waals surface area contributed by atoms with Crippen LogP contribution in [0.2, 0.25) is 0 Å². The predicted octanol–water partition coefficient (Wildman–Crippen LogP) is 0.751. The Morgan fingerprint density at radius 3 is 2.87 bits per heavy atom. The number of aromatic nitrogens is 4. The van der Waals surface area contributed by atoms with Crippen molar-refractivity contribution in [1.82, 2.24) is 24.1 Å². The fourth-order valence-electron chi connectivity index (χ4n) is 2.52. The third-order valence-electron chi connectivity index (χ3n) is 3.87. The summed E-state index contributed by atoms with van der Waals surface area (Å²) in [5.74, 6) is 1.07. The van der Waals surface area contributed by atoms with Gasteiger partial charge in [-0.1, -0.05) is 0 Å². The van der Waals surface area contributed by atoms with E-state index >= 15 is 0 Å². The highest BCUT2D eigenvalue weighted by molar-refractivity contribution is 7.89. The second kappa shape index (κ2) is 6.25. The SMILES string of the molecule is Cc1nc(S(=O)(=O)N2CCCC(Oc3cccnn3)C2)cn1C. The molecule has 3 heterocycles. The first-order chi connectivity index (χ1) is 11.0. The molecular formula is C14H19N5O3S. The van der Waals surface area contributed by atoms with Gasteiger partial charge in [0.1, 0.15) is 11.9 Å². The van der Waals surface area contributed by atoms with Crippen LogP contribution in [0.25, 0.3) is 0 Å². The Morgan fingerprint density at radius 1 is 1.39 bits per heavy atom. The Bertz CT molecular complexity index is 755. The van der Waals surface area contributed by atoms with Crippen LogP contribution >= 0.6 is 0 Å². The van der Waals surface area contributed by atoms with E-state index in [0.717, 1.165) is 12.8 Å². The minimum Gasteiger partial charge on any atom is -0.472 e. The first-order valence-electron chi connectivity index (χ1n) is 7.41. The van der Waals surface area contributed by atoms with Crippen molar-refractivity contribution in [2.24, 2.45) is 7.05 Å². The van der Waals surface area contributed by atoms with Crippen molar-refractivity contribution in [3.8, 4) is 5.88 Å². The van der Waals surface area contributed by atoms with Gasteiger partial charge in [-0.25, -0.2) is 13.4 Å². The molecule has 0 spiro atoms. The summed E-state index contributed by atoms with van der Waals surface area (Å²) < 4.78 is 34.3. The standard InChI is InChI=1S/C14H19N5O3S/c1-11-16-14(10-18(11)2)23(20,21)19-8-4-5-12(9-19)22-13-6-3-7-15-17-13/h3,6-7,10,12H,4-5,8-9H2,1-2H3. The molecule has 124 valence electrons. The molecule has 0 N–H and O–H groups in total. The molecule has 9 heteroatoms. The molecule has 0 saturated carbocycles. The first-order valence-corrected chi connectivity index (χ1v) is 8.85. The maximum Gasteiger partial charge on any atom is 0.262 e. The molecule has 2 aromatic heterocycles. The zero-order valence-electron chi connectivity index (χ0n) is 13.1. The van der Waals surface area contributed by atoms with Gasteiger partial charge < -0.3 is 9.30 Å². The van der Waals surface area contributed by atoms with E-state index in [2.05, 4.69) is 15.2 Å². The number of hydrogen-bond acceptors (Lipinski definition) is 6. The highest BCUT2D eigenvalue weighted by Gasteiger charge is 2.33. The van der Waals surface area contributed by atoms with Gasteiger partial charge in [0, 0.05) is 32.1 Å². The highest BCUT2D eigenvalue weighted by atomic mass is 32.2. The van der Waals surface area contributed by atoms with Crippen LogP contribution < -0.4 is 4.74 Å². The zero-order valence-corrected chi connectivity index (χ0v) is 13.9. The zero-order chi connectivity index (χ0) is 16.4. The monoisotopic (exact) mass is 337 g/mol. The van der Waals surface area contributed by atoms with Gasteiger partial charge >= 0.3 is 0 Å². The normalized spacial score (nSPS) is 19.7. The second-order valence-corrected chi connectivity index (χ2v) is 7.43. The summed E-state index contributed by atoms with van der Waals surface area (Å²) in [7, 11) is -1.83. The van der Waals surface area contributed by atoms with E-state index in [9.17, 15) is 8.42 Å². The summed E-state index contributed by atoms with van der Waals surface area (Å²) in [5.41, 5.74) is 0. The molecule has 8 nitrogen and oxygen atoms in total. The van der Waals surface area contributed by atoms with E-state index in [4.69, 9.17) is 4.74 Å². The first kappa shape index (κ1) is 15.9. The summed E-state index contributed by atoms with van der Waals surface area (Å²) in [5, 5.41) is 7.72. The van der Waals surface area contributed by atoms with E-state index in [1.54, 1.807) is 36.9 Å². The number of hydrogen-bond donors (Lipinski definition) is 0. The maximum absolute atomic E-state index is 12.7. The Kier molecular flexibility index (Phi) is 4.31. The van der Waals surface area contributed by atoms with Gasteiger partial charge in [-0.3, -0.25) is 0 Å². The van der Waals surface area contributed by atoms with Crippen LogP contribution in [0.5, 0.6) is 5.88 Å². The lowest BCUT2D eigenvalue weighted by atomic mass is 10.1. The number of rotatable bonds is 4. The lowest BCUT2D eigenvalue weighted by Gasteiger charge is -2.31. The third kappa shape index (κ3) is 3.35. The van der Waals surface area contributed by atoms with Crippen LogP contribution in [0.3, 0.4) is 0 Å². The Balaban J connectivity index is 1.75. The molecule has 1 aliphatic heterocycles. The average Bonchev–Trinajstić information content (AvgIpc) is 2.89. The smallest absolute Gasteiger partial charge is 0.262 e. The van der Waals surface area contributed by atoms with Gasteiger partial charge in [-0.2, -0.15) is 9.40 Å². The van der Waals surface area contributed by atoms with Crippen molar-refractivity contribution < 1.29 is 13.2 Å². The predicted molar refractivity (Wildman–Crippen MR) is 82.4 cm³/mol. The number of sulfonamides is 1. The summed E-state index contributed by atoms with van der Waals surface area (Å²) in [6.07, 6.45) is 4.38. The molecule has 0 bridgehead atoms. The van der Waals surface area contributed by atoms with Gasteiger partial charge in [-0.15, -0.1) is 5.10 Å². The van der Waals surface area contributed by atoms with Crippen molar-refractivity contribution in [1.29, 1.82) is 0 Å².